The quantitative estimate of drug-likeness (QED) is 0.744. The summed E-state index contributed by atoms with van der Waals surface area (Å²) in [6, 6.07) is 0. The zero-order chi connectivity index (χ0) is 14.1. The maximum absolute atomic E-state index is 4.52. The highest BCUT2D eigenvalue weighted by atomic mass is 15.2. The van der Waals surface area contributed by atoms with Crippen molar-refractivity contribution in [1.82, 2.24) is 15.3 Å². The summed E-state index contributed by atoms with van der Waals surface area (Å²) in [5, 5.41) is 3.38. The van der Waals surface area contributed by atoms with Crippen molar-refractivity contribution in [2.45, 2.75) is 47.1 Å². The molecule has 1 N–H and O–H groups in total. The van der Waals surface area contributed by atoms with Gasteiger partial charge in [-0.2, -0.15) is 0 Å². The van der Waals surface area contributed by atoms with Crippen molar-refractivity contribution < 1.29 is 0 Å². The number of unbranched alkanes of at least 4 members (excludes halogenated alkanes) is 1. The second-order valence-electron chi connectivity index (χ2n) is 5.32. The molecular formula is C15H28N4. The molecular weight excluding hydrogens is 236 g/mol. The lowest BCUT2D eigenvalue weighted by atomic mass is 10.2. The lowest BCUT2D eigenvalue weighted by Gasteiger charge is -2.21. The zero-order valence-corrected chi connectivity index (χ0v) is 12.8. The molecule has 108 valence electrons. The van der Waals surface area contributed by atoms with E-state index < -0.39 is 0 Å². The molecule has 0 radical (unpaired) electrons. The van der Waals surface area contributed by atoms with E-state index in [1.54, 1.807) is 0 Å². The SMILES string of the molecule is CCCCN(CC)c1cnc(CNCC(C)C)cn1. The van der Waals surface area contributed by atoms with E-state index in [2.05, 4.69) is 47.9 Å². The summed E-state index contributed by atoms with van der Waals surface area (Å²) in [7, 11) is 0. The van der Waals surface area contributed by atoms with E-state index in [1.165, 1.54) is 12.8 Å². The van der Waals surface area contributed by atoms with Gasteiger partial charge in [-0.15, -0.1) is 0 Å². The normalized spacial score (nSPS) is 11.0. The molecule has 0 aromatic carbocycles. The summed E-state index contributed by atoms with van der Waals surface area (Å²) in [5.74, 6) is 1.65. The molecule has 0 aliphatic heterocycles. The van der Waals surface area contributed by atoms with Gasteiger partial charge in [-0.1, -0.05) is 27.2 Å². The number of nitrogens with one attached hydrogen (secondary N) is 1. The second kappa shape index (κ2) is 8.86. The number of nitrogens with zero attached hydrogens (tertiary/aromatic N) is 3. The van der Waals surface area contributed by atoms with Gasteiger partial charge in [0.15, 0.2) is 0 Å². The third kappa shape index (κ3) is 6.01. The molecule has 0 aliphatic rings. The highest BCUT2D eigenvalue weighted by Gasteiger charge is 2.05. The summed E-state index contributed by atoms with van der Waals surface area (Å²) in [4.78, 5) is 11.3. The molecule has 0 spiro atoms. The smallest absolute Gasteiger partial charge is 0.147 e. The molecule has 0 fully saturated rings. The molecule has 1 aromatic rings. The Labute approximate surface area is 117 Å². The van der Waals surface area contributed by atoms with Crippen molar-refractivity contribution in [2.24, 2.45) is 5.92 Å². The van der Waals surface area contributed by atoms with Crippen LogP contribution in [0.3, 0.4) is 0 Å². The van der Waals surface area contributed by atoms with Crippen LogP contribution in [0.1, 0.15) is 46.2 Å². The van der Waals surface area contributed by atoms with Crippen LogP contribution in [-0.4, -0.2) is 29.6 Å². The maximum atomic E-state index is 4.52. The second-order valence-corrected chi connectivity index (χ2v) is 5.32. The van der Waals surface area contributed by atoms with Gasteiger partial charge in [-0.3, -0.25) is 4.98 Å². The van der Waals surface area contributed by atoms with E-state index in [1.807, 2.05) is 12.4 Å². The molecule has 4 heteroatoms. The number of hydrogen-bond acceptors (Lipinski definition) is 4. The molecule has 4 nitrogen and oxygen atoms in total. The molecule has 1 heterocycles. The minimum absolute atomic E-state index is 0.664. The van der Waals surface area contributed by atoms with E-state index in [4.69, 9.17) is 0 Å². The Kier molecular flexibility index (Phi) is 7.41. The van der Waals surface area contributed by atoms with Crippen molar-refractivity contribution in [3.63, 3.8) is 0 Å². The topological polar surface area (TPSA) is 41.1 Å². The Morgan fingerprint density at radius 3 is 2.53 bits per heavy atom. The van der Waals surface area contributed by atoms with Crippen molar-refractivity contribution in [1.29, 1.82) is 0 Å². The molecule has 0 atom stereocenters. The Morgan fingerprint density at radius 2 is 2.00 bits per heavy atom. The summed E-state index contributed by atoms with van der Waals surface area (Å²) in [6.45, 7) is 12.6. The summed E-state index contributed by atoms with van der Waals surface area (Å²) in [5.41, 5.74) is 1.01. The van der Waals surface area contributed by atoms with Crippen molar-refractivity contribution >= 4 is 5.82 Å². The predicted octanol–water partition coefficient (Wildman–Crippen LogP) is 2.85. The average Bonchev–Trinajstić information content (AvgIpc) is 2.41. The van der Waals surface area contributed by atoms with Gasteiger partial charge in [-0.05, 0) is 25.8 Å². The van der Waals surface area contributed by atoms with Crippen molar-refractivity contribution in [2.75, 3.05) is 24.5 Å². The Bertz CT molecular complexity index is 335. The first kappa shape index (κ1) is 15.9. The molecule has 0 saturated carbocycles. The highest BCUT2D eigenvalue weighted by Crippen LogP contribution is 2.09. The Morgan fingerprint density at radius 1 is 1.21 bits per heavy atom. The van der Waals surface area contributed by atoms with E-state index in [-0.39, 0.29) is 0 Å². The highest BCUT2D eigenvalue weighted by molar-refractivity contribution is 5.35. The Balaban J connectivity index is 2.49. The van der Waals surface area contributed by atoms with Gasteiger partial charge in [0.1, 0.15) is 5.82 Å². The summed E-state index contributed by atoms with van der Waals surface area (Å²) < 4.78 is 0. The Hall–Kier alpha value is -1.16. The summed E-state index contributed by atoms with van der Waals surface area (Å²) in [6.07, 6.45) is 6.19. The first-order chi connectivity index (χ1) is 9.17. The van der Waals surface area contributed by atoms with Crippen LogP contribution >= 0.6 is 0 Å². The van der Waals surface area contributed by atoms with Gasteiger partial charge >= 0.3 is 0 Å². The van der Waals surface area contributed by atoms with Crippen LogP contribution in [0, 0.1) is 5.92 Å². The fraction of sp³-hybridized carbons (Fsp3) is 0.733. The lowest BCUT2D eigenvalue weighted by molar-refractivity contribution is 0.547. The predicted molar refractivity (Wildman–Crippen MR) is 81.4 cm³/mol. The lowest BCUT2D eigenvalue weighted by Crippen LogP contribution is -2.25. The third-order valence-corrected chi connectivity index (χ3v) is 3.04. The molecule has 0 bridgehead atoms. The van der Waals surface area contributed by atoms with Crippen LogP contribution in [0.5, 0.6) is 0 Å². The molecule has 1 rings (SSSR count). The van der Waals surface area contributed by atoms with Crippen LogP contribution < -0.4 is 10.2 Å². The van der Waals surface area contributed by atoms with Gasteiger partial charge < -0.3 is 10.2 Å². The van der Waals surface area contributed by atoms with Crippen LogP contribution in [0.2, 0.25) is 0 Å². The number of hydrogen-bond donors (Lipinski definition) is 1. The third-order valence-electron chi connectivity index (χ3n) is 3.04. The van der Waals surface area contributed by atoms with Gasteiger partial charge in [-0.25, -0.2) is 4.98 Å². The van der Waals surface area contributed by atoms with E-state index in [0.717, 1.165) is 37.7 Å². The van der Waals surface area contributed by atoms with Crippen molar-refractivity contribution in [3.05, 3.63) is 18.1 Å². The van der Waals surface area contributed by atoms with Gasteiger partial charge in [0.25, 0.3) is 0 Å². The van der Waals surface area contributed by atoms with Crippen LogP contribution in [-0.2, 0) is 6.54 Å². The van der Waals surface area contributed by atoms with Gasteiger partial charge in [0, 0.05) is 19.6 Å². The number of anilines is 1. The van der Waals surface area contributed by atoms with Gasteiger partial charge in [0.2, 0.25) is 0 Å². The van der Waals surface area contributed by atoms with Crippen LogP contribution in [0.4, 0.5) is 5.82 Å². The van der Waals surface area contributed by atoms with E-state index >= 15 is 0 Å². The molecule has 19 heavy (non-hydrogen) atoms. The molecule has 0 amide bonds. The minimum atomic E-state index is 0.664. The van der Waals surface area contributed by atoms with Crippen LogP contribution in [0.25, 0.3) is 0 Å². The maximum Gasteiger partial charge on any atom is 0.147 e. The van der Waals surface area contributed by atoms with Gasteiger partial charge in [0.05, 0.1) is 18.1 Å². The fourth-order valence-corrected chi connectivity index (χ4v) is 1.88. The largest absolute Gasteiger partial charge is 0.356 e. The zero-order valence-electron chi connectivity index (χ0n) is 12.8. The van der Waals surface area contributed by atoms with Crippen molar-refractivity contribution in [3.8, 4) is 0 Å². The standard InChI is InChI=1S/C15H28N4/c1-5-7-8-19(6-2)15-12-17-14(11-18-15)10-16-9-13(3)4/h11-13,16H,5-10H2,1-4H3. The van der Waals surface area contributed by atoms with E-state index in [0.29, 0.717) is 5.92 Å². The van der Waals surface area contributed by atoms with Crippen LogP contribution in [0.15, 0.2) is 12.4 Å². The molecule has 1 aromatic heterocycles. The molecule has 0 unspecified atom stereocenters. The number of aromatic nitrogens is 2. The van der Waals surface area contributed by atoms with E-state index in [9.17, 15) is 0 Å². The first-order valence-corrected chi connectivity index (χ1v) is 7.43. The molecule has 0 aliphatic carbocycles. The molecule has 0 saturated heterocycles. The average molecular weight is 264 g/mol. The monoisotopic (exact) mass is 264 g/mol. The summed E-state index contributed by atoms with van der Waals surface area (Å²) >= 11 is 0. The minimum Gasteiger partial charge on any atom is -0.356 e. The fourth-order valence-electron chi connectivity index (χ4n) is 1.88. The first-order valence-electron chi connectivity index (χ1n) is 7.43. The number of rotatable bonds is 9.